The van der Waals surface area contributed by atoms with Crippen molar-refractivity contribution in [2.75, 3.05) is 16.8 Å². The standard InChI is InChI=1S/C18H22N2O2S3/c1-13-8-14(2)10-15(9-13)19-18(23)20(11-17-4-3-6-24-17)16-5-7-25(21,22)12-16/h3-4,6,8-10,16H,5,7,11-12H2,1-2H3,(H,19,23)/t16-/m0/s1. The first-order valence-corrected chi connectivity index (χ1v) is 11.3. The van der Waals surface area contributed by atoms with Crippen LogP contribution >= 0.6 is 23.6 Å². The Morgan fingerprint density at radius 1 is 1.32 bits per heavy atom. The Kier molecular flexibility index (Phi) is 5.46. The summed E-state index contributed by atoms with van der Waals surface area (Å²) in [5.41, 5.74) is 3.27. The predicted molar refractivity (Wildman–Crippen MR) is 109 cm³/mol. The van der Waals surface area contributed by atoms with Crippen molar-refractivity contribution in [1.29, 1.82) is 0 Å². The van der Waals surface area contributed by atoms with Crippen molar-refractivity contribution >= 4 is 44.2 Å². The van der Waals surface area contributed by atoms with E-state index in [-0.39, 0.29) is 17.5 Å². The van der Waals surface area contributed by atoms with E-state index in [1.807, 2.05) is 42.3 Å². The molecule has 0 saturated carbocycles. The Labute approximate surface area is 158 Å². The van der Waals surface area contributed by atoms with Gasteiger partial charge < -0.3 is 10.2 Å². The molecule has 3 rings (SSSR count). The number of nitrogens with zero attached hydrogens (tertiary/aromatic N) is 1. The van der Waals surface area contributed by atoms with Gasteiger partial charge in [0.15, 0.2) is 14.9 Å². The summed E-state index contributed by atoms with van der Waals surface area (Å²) in [7, 11) is -2.96. The van der Waals surface area contributed by atoms with Gasteiger partial charge in [-0.2, -0.15) is 0 Å². The van der Waals surface area contributed by atoms with E-state index < -0.39 is 9.84 Å². The van der Waals surface area contributed by atoms with Gasteiger partial charge in [0, 0.05) is 16.6 Å². The van der Waals surface area contributed by atoms with Crippen LogP contribution in [-0.4, -0.2) is 36.0 Å². The first-order chi connectivity index (χ1) is 11.8. The molecule has 1 aliphatic heterocycles. The molecular formula is C18H22N2O2S3. The fraction of sp³-hybridized carbons (Fsp3) is 0.389. The molecule has 1 N–H and O–H groups in total. The van der Waals surface area contributed by atoms with Gasteiger partial charge in [-0.1, -0.05) is 12.1 Å². The lowest BCUT2D eigenvalue weighted by molar-refractivity contribution is 0.335. The highest BCUT2D eigenvalue weighted by atomic mass is 32.2. The van der Waals surface area contributed by atoms with Gasteiger partial charge in [0.1, 0.15) is 0 Å². The molecular weight excluding hydrogens is 372 g/mol. The molecule has 1 atom stereocenters. The number of thiocarbonyl (C=S) groups is 1. The zero-order valence-electron chi connectivity index (χ0n) is 14.4. The van der Waals surface area contributed by atoms with Crippen molar-refractivity contribution in [2.45, 2.75) is 32.9 Å². The van der Waals surface area contributed by atoms with Crippen LogP contribution in [0.25, 0.3) is 0 Å². The van der Waals surface area contributed by atoms with Gasteiger partial charge in [0.25, 0.3) is 0 Å². The second-order valence-corrected chi connectivity index (χ2v) is 10.2. The maximum atomic E-state index is 11.9. The fourth-order valence-corrected chi connectivity index (χ4v) is 5.97. The summed E-state index contributed by atoms with van der Waals surface area (Å²) in [6.45, 7) is 4.73. The molecule has 0 radical (unpaired) electrons. The Bertz CT molecular complexity index is 840. The third-order valence-corrected chi connectivity index (χ3v) is 7.24. The lowest BCUT2D eigenvalue weighted by Gasteiger charge is -2.30. The van der Waals surface area contributed by atoms with Crippen molar-refractivity contribution in [3.8, 4) is 0 Å². The molecule has 0 amide bonds. The normalized spacial score (nSPS) is 18.9. The topological polar surface area (TPSA) is 49.4 Å². The molecule has 1 aromatic heterocycles. The second-order valence-electron chi connectivity index (χ2n) is 6.57. The minimum atomic E-state index is -2.96. The van der Waals surface area contributed by atoms with Crippen molar-refractivity contribution in [1.82, 2.24) is 4.90 Å². The summed E-state index contributed by atoms with van der Waals surface area (Å²) in [5.74, 6) is 0.414. The number of benzene rings is 1. The van der Waals surface area contributed by atoms with Crippen LogP contribution in [-0.2, 0) is 16.4 Å². The molecule has 1 aromatic carbocycles. The number of hydrogen-bond acceptors (Lipinski definition) is 4. The highest BCUT2D eigenvalue weighted by Gasteiger charge is 2.33. The molecule has 0 aliphatic carbocycles. The summed E-state index contributed by atoms with van der Waals surface area (Å²) >= 11 is 7.31. The Balaban J connectivity index is 1.81. The fourth-order valence-electron chi connectivity index (χ4n) is 3.20. The molecule has 7 heteroatoms. The largest absolute Gasteiger partial charge is 0.340 e. The molecule has 1 fully saturated rings. The van der Waals surface area contributed by atoms with Crippen LogP contribution < -0.4 is 5.32 Å². The molecule has 134 valence electrons. The SMILES string of the molecule is Cc1cc(C)cc(NC(=S)N(Cc2cccs2)[C@H]2CCS(=O)(=O)C2)c1. The van der Waals surface area contributed by atoms with Gasteiger partial charge in [-0.15, -0.1) is 11.3 Å². The maximum absolute atomic E-state index is 11.9. The molecule has 1 aliphatic rings. The Morgan fingerprint density at radius 2 is 2.04 bits per heavy atom. The molecule has 2 aromatic rings. The van der Waals surface area contributed by atoms with Crippen LogP contribution in [0.5, 0.6) is 0 Å². The molecule has 2 heterocycles. The number of anilines is 1. The van der Waals surface area contributed by atoms with Crippen LogP contribution in [0.1, 0.15) is 22.4 Å². The summed E-state index contributed by atoms with van der Waals surface area (Å²) in [5, 5.41) is 5.92. The second kappa shape index (κ2) is 7.43. The monoisotopic (exact) mass is 394 g/mol. The summed E-state index contributed by atoms with van der Waals surface area (Å²) in [6.07, 6.45) is 0.627. The number of sulfone groups is 1. The smallest absolute Gasteiger partial charge is 0.174 e. The minimum absolute atomic E-state index is 0.0713. The van der Waals surface area contributed by atoms with Crippen LogP contribution in [0.4, 0.5) is 5.69 Å². The van der Waals surface area contributed by atoms with E-state index in [4.69, 9.17) is 12.2 Å². The average Bonchev–Trinajstić information content (AvgIpc) is 3.12. The Morgan fingerprint density at radius 3 is 2.60 bits per heavy atom. The van der Waals surface area contributed by atoms with Crippen LogP contribution in [0, 0.1) is 13.8 Å². The zero-order chi connectivity index (χ0) is 18.0. The van der Waals surface area contributed by atoms with E-state index >= 15 is 0 Å². The number of rotatable bonds is 4. The predicted octanol–water partition coefficient (Wildman–Crippen LogP) is 3.75. The summed E-state index contributed by atoms with van der Waals surface area (Å²) in [4.78, 5) is 3.21. The van der Waals surface area contributed by atoms with Crippen LogP contribution in [0.15, 0.2) is 35.7 Å². The van der Waals surface area contributed by atoms with E-state index in [1.165, 1.54) is 16.0 Å². The summed E-state index contributed by atoms with van der Waals surface area (Å²) in [6, 6.07) is 10.2. The third kappa shape index (κ3) is 4.80. The van der Waals surface area contributed by atoms with Crippen molar-refractivity contribution in [3.05, 3.63) is 51.7 Å². The summed E-state index contributed by atoms with van der Waals surface area (Å²) < 4.78 is 23.9. The lowest BCUT2D eigenvalue weighted by atomic mass is 10.1. The van der Waals surface area contributed by atoms with E-state index in [2.05, 4.69) is 17.4 Å². The van der Waals surface area contributed by atoms with Crippen LogP contribution in [0.2, 0.25) is 0 Å². The minimum Gasteiger partial charge on any atom is -0.340 e. The number of thiophene rings is 1. The van der Waals surface area contributed by atoms with Crippen molar-refractivity contribution < 1.29 is 8.42 Å². The van der Waals surface area contributed by atoms with Gasteiger partial charge >= 0.3 is 0 Å². The molecule has 0 bridgehead atoms. The lowest BCUT2D eigenvalue weighted by Crippen LogP contribution is -2.42. The molecule has 0 unspecified atom stereocenters. The zero-order valence-corrected chi connectivity index (χ0v) is 16.8. The maximum Gasteiger partial charge on any atom is 0.174 e. The number of aryl methyl sites for hydroxylation is 2. The number of nitrogens with one attached hydrogen (secondary N) is 1. The van der Waals surface area contributed by atoms with Gasteiger partial charge in [-0.05, 0) is 67.2 Å². The molecule has 0 spiro atoms. The number of hydrogen-bond donors (Lipinski definition) is 1. The third-order valence-electron chi connectivity index (χ3n) is 4.29. The van der Waals surface area contributed by atoms with Crippen LogP contribution in [0.3, 0.4) is 0 Å². The first-order valence-electron chi connectivity index (χ1n) is 8.21. The average molecular weight is 395 g/mol. The van der Waals surface area contributed by atoms with Crippen molar-refractivity contribution in [3.63, 3.8) is 0 Å². The van der Waals surface area contributed by atoms with E-state index in [9.17, 15) is 8.42 Å². The highest BCUT2D eigenvalue weighted by Crippen LogP contribution is 2.23. The van der Waals surface area contributed by atoms with Gasteiger partial charge in [-0.3, -0.25) is 0 Å². The van der Waals surface area contributed by atoms with E-state index in [0.29, 0.717) is 18.1 Å². The first kappa shape index (κ1) is 18.4. The molecule has 25 heavy (non-hydrogen) atoms. The van der Waals surface area contributed by atoms with Gasteiger partial charge in [-0.25, -0.2) is 8.42 Å². The molecule has 1 saturated heterocycles. The Hall–Kier alpha value is -1.44. The molecule has 4 nitrogen and oxygen atoms in total. The van der Waals surface area contributed by atoms with E-state index in [1.54, 1.807) is 11.3 Å². The van der Waals surface area contributed by atoms with Gasteiger partial charge in [0.2, 0.25) is 0 Å². The quantitative estimate of drug-likeness (QED) is 0.801. The highest BCUT2D eigenvalue weighted by molar-refractivity contribution is 7.91. The van der Waals surface area contributed by atoms with Crippen molar-refractivity contribution in [2.24, 2.45) is 0 Å². The van der Waals surface area contributed by atoms with Gasteiger partial charge in [0.05, 0.1) is 18.1 Å². The van der Waals surface area contributed by atoms with E-state index in [0.717, 1.165) is 5.69 Å².